The number of rotatable bonds is 11. The summed E-state index contributed by atoms with van der Waals surface area (Å²) < 4.78 is 44.8. The number of sulfonamides is 1. The predicted molar refractivity (Wildman–Crippen MR) is 145 cm³/mol. The average Bonchev–Trinajstić information content (AvgIpc) is 3.70. The number of aliphatic hydroxyl groups is 1. The lowest BCUT2D eigenvalue weighted by atomic mass is 10.0. The Bertz CT molecular complexity index is 1220. The Hall–Kier alpha value is -2.74. The van der Waals surface area contributed by atoms with Gasteiger partial charge in [-0.25, -0.2) is 13.2 Å². The van der Waals surface area contributed by atoms with Crippen LogP contribution in [-0.2, 0) is 35.5 Å². The molecule has 0 unspecified atom stereocenters. The SMILES string of the molecule is Nc1ccc(S(=O)(=O)N(C[C@@H](O)[C@H](Cc2ccccc2)NC(=O)O[C@H]2CO[C@H]3OCC[C@H]32)OC2CCCC2)cc1. The van der Waals surface area contributed by atoms with Crippen molar-refractivity contribution >= 4 is 21.8 Å². The number of aliphatic hydroxyl groups excluding tert-OH is 1. The molecule has 218 valence electrons. The van der Waals surface area contributed by atoms with Gasteiger partial charge in [-0.3, -0.25) is 4.84 Å². The van der Waals surface area contributed by atoms with E-state index in [4.69, 9.17) is 24.8 Å². The molecule has 3 aliphatic rings. The van der Waals surface area contributed by atoms with Gasteiger partial charge in [-0.2, -0.15) is 0 Å². The molecule has 1 saturated carbocycles. The van der Waals surface area contributed by atoms with Crippen LogP contribution in [-0.4, -0.2) is 74.5 Å². The van der Waals surface area contributed by atoms with Crippen LogP contribution >= 0.6 is 0 Å². The number of nitrogens with zero attached hydrogens (tertiary/aromatic N) is 1. The number of alkyl carbamates (subject to hydrolysis) is 1. The minimum atomic E-state index is -4.14. The van der Waals surface area contributed by atoms with E-state index in [0.717, 1.165) is 42.1 Å². The minimum Gasteiger partial charge on any atom is -0.443 e. The second-order valence-electron chi connectivity index (χ2n) is 10.5. The van der Waals surface area contributed by atoms with Gasteiger partial charge in [0.05, 0.1) is 48.8 Å². The van der Waals surface area contributed by atoms with E-state index in [1.807, 2.05) is 30.3 Å². The summed E-state index contributed by atoms with van der Waals surface area (Å²) in [6.45, 7) is 0.384. The Morgan fingerprint density at radius 2 is 1.80 bits per heavy atom. The van der Waals surface area contributed by atoms with Gasteiger partial charge < -0.3 is 30.4 Å². The molecule has 2 aromatic rings. The van der Waals surface area contributed by atoms with Crippen LogP contribution in [0.25, 0.3) is 0 Å². The first-order valence-electron chi connectivity index (χ1n) is 13.8. The standard InChI is InChI=1S/C28H37N3O8S/c29-20-10-12-22(13-11-20)40(34,35)31(39-21-8-4-5-9-21)17-25(32)24(16-19-6-2-1-3-7-19)30-28(33)38-26-18-37-27-23(26)14-15-36-27/h1-3,6-7,10-13,21,23-27,32H,4-5,8-9,14-18,29H2,(H,30,33)/t23-,24-,25+,26-,27+/m0/s1. The van der Waals surface area contributed by atoms with Gasteiger partial charge in [0.1, 0.15) is 6.10 Å². The molecule has 0 spiro atoms. The Morgan fingerprint density at radius 1 is 1.07 bits per heavy atom. The van der Waals surface area contributed by atoms with Crippen LogP contribution in [0.4, 0.5) is 10.5 Å². The number of ether oxygens (including phenoxy) is 3. The van der Waals surface area contributed by atoms with Crippen LogP contribution in [0.15, 0.2) is 59.5 Å². The third kappa shape index (κ3) is 6.93. The van der Waals surface area contributed by atoms with E-state index < -0.39 is 40.9 Å². The quantitative estimate of drug-likeness (QED) is 0.271. The lowest BCUT2D eigenvalue weighted by molar-refractivity contribution is -0.145. The van der Waals surface area contributed by atoms with Crippen LogP contribution < -0.4 is 11.1 Å². The van der Waals surface area contributed by atoms with E-state index in [9.17, 15) is 18.3 Å². The van der Waals surface area contributed by atoms with Crippen molar-refractivity contribution in [2.75, 3.05) is 25.5 Å². The fraction of sp³-hybridized carbons (Fsp3) is 0.536. The van der Waals surface area contributed by atoms with E-state index in [0.29, 0.717) is 12.3 Å². The lowest BCUT2D eigenvalue weighted by Gasteiger charge is -2.31. The highest BCUT2D eigenvalue weighted by Gasteiger charge is 2.44. The van der Waals surface area contributed by atoms with Crippen molar-refractivity contribution in [2.24, 2.45) is 5.92 Å². The third-order valence-corrected chi connectivity index (χ3v) is 9.30. The minimum absolute atomic E-state index is 0.00607. The van der Waals surface area contributed by atoms with Gasteiger partial charge >= 0.3 is 6.09 Å². The Balaban J connectivity index is 1.33. The summed E-state index contributed by atoms with van der Waals surface area (Å²) in [5.74, 6) is -0.0383. The van der Waals surface area contributed by atoms with Gasteiger partial charge in [0, 0.05) is 5.69 Å². The van der Waals surface area contributed by atoms with Crippen molar-refractivity contribution in [3.05, 3.63) is 60.2 Å². The molecule has 4 N–H and O–H groups in total. The van der Waals surface area contributed by atoms with Gasteiger partial charge in [-0.1, -0.05) is 47.6 Å². The number of hydrogen-bond donors (Lipinski definition) is 3. The van der Waals surface area contributed by atoms with E-state index in [1.165, 1.54) is 24.3 Å². The molecule has 0 radical (unpaired) electrons. The summed E-state index contributed by atoms with van der Waals surface area (Å²) in [7, 11) is -4.14. The van der Waals surface area contributed by atoms with Gasteiger partial charge in [-0.15, -0.1) is 0 Å². The van der Waals surface area contributed by atoms with Crippen molar-refractivity contribution in [2.45, 2.75) is 74.1 Å². The van der Waals surface area contributed by atoms with Gasteiger partial charge in [0.2, 0.25) is 0 Å². The maximum atomic E-state index is 13.6. The van der Waals surface area contributed by atoms with E-state index in [2.05, 4.69) is 5.32 Å². The number of hydroxylamine groups is 1. The molecule has 5 atom stereocenters. The molecule has 0 aromatic heterocycles. The number of benzene rings is 2. The normalized spacial score (nSPS) is 24.6. The highest BCUT2D eigenvalue weighted by atomic mass is 32.2. The van der Waals surface area contributed by atoms with E-state index in [1.54, 1.807) is 0 Å². The molecule has 40 heavy (non-hydrogen) atoms. The zero-order chi connectivity index (χ0) is 28.1. The van der Waals surface area contributed by atoms with Crippen LogP contribution in [0.2, 0.25) is 0 Å². The summed E-state index contributed by atoms with van der Waals surface area (Å²) in [4.78, 5) is 19.0. The summed E-state index contributed by atoms with van der Waals surface area (Å²) in [6.07, 6.45) is 1.13. The topological polar surface area (TPSA) is 150 Å². The second-order valence-corrected chi connectivity index (χ2v) is 12.4. The smallest absolute Gasteiger partial charge is 0.407 e. The molecule has 2 heterocycles. The monoisotopic (exact) mass is 575 g/mol. The highest BCUT2D eigenvalue weighted by Crippen LogP contribution is 2.33. The molecular formula is C28H37N3O8S. The molecule has 2 aliphatic heterocycles. The maximum absolute atomic E-state index is 13.6. The predicted octanol–water partition coefficient (Wildman–Crippen LogP) is 2.59. The molecule has 1 aliphatic carbocycles. The van der Waals surface area contributed by atoms with Crippen LogP contribution in [0.5, 0.6) is 0 Å². The summed E-state index contributed by atoms with van der Waals surface area (Å²) in [5.41, 5.74) is 7.04. The first-order valence-corrected chi connectivity index (χ1v) is 15.2. The van der Waals surface area contributed by atoms with Crippen molar-refractivity contribution in [3.63, 3.8) is 0 Å². The molecule has 11 nitrogen and oxygen atoms in total. The number of hydrogen-bond acceptors (Lipinski definition) is 9. The molecule has 1 amide bonds. The zero-order valence-electron chi connectivity index (χ0n) is 22.3. The first kappa shape index (κ1) is 28.8. The van der Waals surface area contributed by atoms with Crippen molar-refractivity contribution < 1.29 is 37.4 Å². The number of fused-ring (bicyclic) bond motifs is 1. The van der Waals surface area contributed by atoms with Crippen LogP contribution in [0, 0.1) is 5.92 Å². The first-order chi connectivity index (χ1) is 19.3. The fourth-order valence-electron chi connectivity index (χ4n) is 5.42. The summed E-state index contributed by atoms with van der Waals surface area (Å²) >= 11 is 0. The Morgan fingerprint density at radius 3 is 2.52 bits per heavy atom. The molecular weight excluding hydrogens is 538 g/mol. The number of nitrogen functional groups attached to an aromatic ring is 1. The molecule has 12 heteroatoms. The Labute approximate surface area is 234 Å². The molecule has 5 rings (SSSR count). The molecule has 2 saturated heterocycles. The summed E-state index contributed by atoms with van der Waals surface area (Å²) in [6, 6.07) is 14.3. The second kappa shape index (κ2) is 12.8. The number of carbonyl (C=O) groups is 1. The van der Waals surface area contributed by atoms with Crippen molar-refractivity contribution in [3.8, 4) is 0 Å². The van der Waals surface area contributed by atoms with E-state index in [-0.39, 0.29) is 36.2 Å². The van der Waals surface area contributed by atoms with Gasteiger partial charge in [0.25, 0.3) is 10.0 Å². The molecule has 3 fully saturated rings. The van der Waals surface area contributed by atoms with Crippen LogP contribution in [0.3, 0.4) is 0 Å². The number of anilines is 1. The summed E-state index contributed by atoms with van der Waals surface area (Å²) in [5, 5.41) is 14.2. The number of carbonyl (C=O) groups excluding carboxylic acids is 1. The van der Waals surface area contributed by atoms with E-state index >= 15 is 0 Å². The maximum Gasteiger partial charge on any atom is 0.407 e. The van der Waals surface area contributed by atoms with Gasteiger partial charge in [-0.05, 0) is 55.5 Å². The Kier molecular flexibility index (Phi) is 9.24. The van der Waals surface area contributed by atoms with Crippen LogP contribution in [0.1, 0.15) is 37.7 Å². The van der Waals surface area contributed by atoms with Crippen molar-refractivity contribution in [1.29, 1.82) is 0 Å². The molecule has 2 aromatic carbocycles. The largest absolute Gasteiger partial charge is 0.443 e. The zero-order valence-corrected chi connectivity index (χ0v) is 23.1. The highest BCUT2D eigenvalue weighted by molar-refractivity contribution is 7.89. The number of amides is 1. The number of nitrogens with two attached hydrogens (primary N) is 1. The number of nitrogens with one attached hydrogen (secondary N) is 1. The van der Waals surface area contributed by atoms with Gasteiger partial charge in [0.15, 0.2) is 6.29 Å². The lowest BCUT2D eigenvalue weighted by Crippen LogP contribution is -2.51. The molecule has 0 bridgehead atoms. The fourth-order valence-corrected chi connectivity index (χ4v) is 6.72. The third-order valence-electron chi connectivity index (χ3n) is 7.66. The average molecular weight is 576 g/mol. The van der Waals surface area contributed by atoms with Crippen molar-refractivity contribution in [1.82, 2.24) is 9.79 Å².